The molecule has 1 N–H and O–H groups in total. The molecule has 0 aliphatic rings. The number of thiophene rings is 1. The zero-order chi connectivity index (χ0) is 21.1. The number of halogens is 1. The average molecular weight is 417 g/mol. The van der Waals surface area contributed by atoms with E-state index in [2.05, 4.69) is 22.2 Å². The summed E-state index contributed by atoms with van der Waals surface area (Å²) in [4.78, 5) is 25.6. The van der Waals surface area contributed by atoms with E-state index >= 15 is 0 Å². The van der Waals surface area contributed by atoms with E-state index in [4.69, 9.17) is 4.74 Å². The van der Waals surface area contributed by atoms with Crippen molar-refractivity contribution in [3.05, 3.63) is 45.8 Å². The number of hydrogen-bond acceptors (Lipinski definition) is 6. The molecular formula is C21H25FN4O2S. The molecule has 8 heteroatoms. The van der Waals surface area contributed by atoms with Gasteiger partial charge in [-0.05, 0) is 51.0 Å². The van der Waals surface area contributed by atoms with Crippen LogP contribution in [0.15, 0.2) is 18.2 Å². The summed E-state index contributed by atoms with van der Waals surface area (Å²) in [5, 5.41) is 4.15. The Labute approximate surface area is 173 Å². The summed E-state index contributed by atoms with van der Waals surface area (Å²) >= 11 is 1.63. The number of fused-ring (bicyclic) bond motifs is 1. The maximum atomic E-state index is 13.9. The van der Waals surface area contributed by atoms with E-state index in [9.17, 15) is 9.18 Å². The van der Waals surface area contributed by atoms with Gasteiger partial charge in [0.15, 0.2) is 11.6 Å². The molecule has 0 spiro atoms. The third-order valence-electron chi connectivity index (χ3n) is 4.87. The van der Waals surface area contributed by atoms with E-state index in [1.54, 1.807) is 28.4 Å². The largest absolute Gasteiger partial charge is 0.494 e. The number of aromatic nitrogens is 2. The van der Waals surface area contributed by atoms with Gasteiger partial charge in [-0.2, -0.15) is 0 Å². The average Bonchev–Trinajstić information content (AvgIpc) is 2.97. The van der Waals surface area contributed by atoms with E-state index in [0.29, 0.717) is 30.3 Å². The predicted octanol–water partition coefficient (Wildman–Crippen LogP) is 4.22. The molecule has 0 saturated carbocycles. The van der Waals surface area contributed by atoms with Crippen LogP contribution in [0.5, 0.6) is 5.75 Å². The Bertz CT molecular complexity index is 1050. The van der Waals surface area contributed by atoms with Crippen molar-refractivity contribution in [3.8, 4) is 5.75 Å². The maximum Gasteiger partial charge on any atom is 0.242 e. The molecule has 3 aromatic rings. The number of likely N-dealkylation sites (N-methyl/N-ethyl adjacent to an activating group) is 1. The molecule has 0 unspecified atom stereocenters. The standard InChI is InChI=1S/C21H25FN4O2S/c1-6-26(11-15-7-8-17(28-5)16(22)9-15)18(27)10-23-20-19-12(2)13(3)29-21(19)25-14(4)24-20/h7-9H,6,10-11H2,1-5H3,(H,23,24,25). The number of rotatable bonds is 7. The molecule has 0 saturated heterocycles. The molecule has 0 radical (unpaired) electrons. The zero-order valence-corrected chi connectivity index (χ0v) is 18.1. The van der Waals surface area contributed by atoms with Gasteiger partial charge in [0, 0.05) is 18.0 Å². The predicted molar refractivity (Wildman–Crippen MR) is 114 cm³/mol. The number of anilines is 1. The van der Waals surface area contributed by atoms with Crippen LogP contribution < -0.4 is 10.1 Å². The fourth-order valence-electron chi connectivity index (χ4n) is 3.16. The Morgan fingerprint density at radius 1 is 1.28 bits per heavy atom. The van der Waals surface area contributed by atoms with E-state index in [-0.39, 0.29) is 18.2 Å². The summed E-state index contributed by atoms with van der Waals surface area (Å²) in [6.07, 6.45) is 0. The number of methoxy groups -OCH3 is 1. The maximum absolute atomic E-state index is 13.9. The van der Waals surface area contributed by atoms with Crippen molar-refractivity contribution < 1.29 is 13.9 Å². The van der Waals surface area contributed by atoms with Gasteiger partial charge in [0.05, 0.1) is 19.0 Å². The summed E-state index contributed by atoms with van der Waals surface area (Å²) in [5.74, 6) is 1.00. The molecule has 0 atom stereocenters. The Balaban J connectivity index is 1.74. The Morgan fingerprint density at radius 3 is 2.69 bits per heavy atom. The van der Waals surface area contributed by atoms with Crippen molar-refractivity contribution in [1.29, 1.82) is 0 Å². The molecule has 2 heterocycles. The van der Waals surface area contributed by atoms with E-state index in [0.717, 1.165) is 15.8 Å². The molecule has 1 amide bonds. The van der Waals surface area contributed by atoms with Crippen molar-refractivity contribution in [3.63, 3.8) is 0 Å². The van der Waals surface area contributed by atoms with Crippen LogP contribution in [0.1, 0.15) is 28.8 Å². The highest BCUT2D eigenvalue weighted by Gasteiger charge is 2.17. The van der Waals surface area contributed by atoms with Crippen LogP contribution >= 0.6 is 11.3 Å². The second kappa shape index (κ2) is 8.73. The first-order valence-corrected chi connectivity index (χ1v) is 10.2. The molecule has 0 fully saturated rings. The molecule has 0 aliphatic heterocycles. The van der Waals surface area contributed by atoms with Crippen LogP contribution in [0.3, 0.4) is 0 Å². The van der Waals surface area contributed by atoms with Crippen LogP contribution in [0.2, 0.25) is 0 Å². The Hall–Kier alpha value is -2.74. The number of amides is 1. The van der Waals surface area contributed by atoms with Gasteiger partial charge in [0.1, 0.15) is 16.5 Å². The smallest absolute Gasteiger partial charge is 0.242 e. The minimum atomic E-state index is -0.436. The molecule has 154 valence electrons. The monoisotopic (exact) mass is 416 g/mol. The van der Waals surface area contributed by atoms with Crippen LogP contribution in [-0.4, -0.2) is 41.0 Å². The van der Waals surface area contributed by atoms with Gasteiger partial charge < -0.3 is 15.0 Å². The minimum Gasteiger partial charge on any atom is -0.494 e. The van der Waals surface area contributed by atoms with Gasteiger partial charge in [-0.15, -0.1) is 11.3 Å². The van der Waals surface area contributed by atoms with E-state index < -0.39 is 5.82 Å². The van der Waals surface area contributed by atoms with Gasteiger partial charge >= 0.3 is 0 Å². The van der Waals surface area contributed by atoms with Gasteiger partial charge in [-0.1, -0.05) is 6.07 Å². The number of nitrogens with zero attached hydrogens (tertiary/aromatic N) is 3. The molecule has 6 nitrogen and oxygen atoms in total. The first kappa shape index (κ1) is 21.0. The van der Waals surface area contributed by atoms with E-state index in [1.807, 2.05) is 20.8 Å². The lowest BCUT2D eigenvalue weighted by atomic mass is 10.2. The molecule has 29 heavy (non-hydrogen) atoms. The molecule has 2 aromatic heterocycles. The lowest BCUT2D eigenvalue weighted by Crippen LogP contribution is -2.35. The van der Waals surface area contributed by atoms with Crippen molar-refractivity contribution in [2.45, 2.75) is 34.2 Å². The van der Waals surface area contributed by atoms with Gasteiger partial charge in [0.25, 0.3) is 0 Å². The summed E-state index contributed by atoms with van der Waals surface area (Å²) in [7, 11) is 1.42. The third kappa shape index (κ3) is 4.48. The lowest BCUT2D eigenvalue weighted by molar-refractivity contribution is -0.129. The number of benzene rings is 1. The van der Waals surface area contributed by atoms with Crippen LogP contribution in [0.25, 0.3) is 10.2 Å². The number of nitrogens with one attached hydrogen (secondary N) is 1. The molecular weight excluding hydrogens is 391 g/mol. The summed E-state index contributed by atoms with van der Waals surface area (Å²) < 4.78 is 18.9. The van der Waals surface area contributed by atoms with Gasteiger partial charge in [0.2, 0.25) is 5.91 Å². The van der Waals surface area contributed by atoms with Crippen LogP contribution in [-0.2, 0) is 11.3 Å². The third-order valence-corrected chi connectivity index (χ3v) is 5.97. The fraction of sp³-hybridized carbons (Fsp3) is 0.381. The van der Waals surface area contributed by atoms with Gasteiger partial charge in [-0.25, -0.2) is 14.4 Å². The summed E-state index contributed by atoms with van der Waals surface area (Å²) in [5.41, 5.74) is 1.84. The Kier molecular flexibility index (Phi) is 6.32. The van der Waals surface area contributed by atoms with Gasteiger partial charge in [-0.3, -0.25) is 4.79 Å². The summed E-state index contributed by atoms with van der Waals surface area (Å²) in [6.45, 7) is 8.78. The topological polar surface area (TPSA) is 67.3 Å². The van der Waals surface area contributed by atoms with Crippen LogP contribution in [0.4, 0.5) is 10.2 Å². The molecule has 1 aromatic carbocycles. The molecule has 0 bridgehead atoms. The normalized spacial score (nSPS) is 11.0. The second-order valence-corrected chi connectivity index (χ2v) is 8.02. The van der Waals surface area contributed by atoms with Crippen LogP contribution in [0, 0.1) is 26.6 Å². The van der Waals surface area contributed by atoms with Crippen molar-refractivity contribution >= 4 is 33.3 Å². The van der Waals surface area contributed by atoms with Crippen molar-refractivity contribution in [2.75, 3.05) is 25.5 Å². The number of hydrogen-bond donors (Lipinski definition) is 1. The number of ether oxygens (including phenoxy) is 1. The Morgan fingerprint density at radius 2 is 2.03 bits per heavy atom. The number of carbonyl (C=O) groups is 1. The number of carbonyl (C=O) groups excluding carboxylic acids is 1. The molecule has 0 aliphatic carbocycles. The first-order chi connectivity index (χ1) is 13.8. The molecule has 3 rings (SSSR count). The number of aryl methyl sites for hydroxylation is 3. The fourth-order valence-corrected chi connectivity index (χ4v) is 4.24. The zero-order valence-electron chi connectivity index (χ0n) is 17.3. The minimum absolute atomic E-state index is 0.0854. The SMILES string of the molecule is CCN(Cc1ccc(OC)c(F)c1)C(=O)CNc1nc(C)nc2sc(C)c(C)c12. The van der Waals surface area contributed by atoms with Crippen molar-refractivity contribution in [1.82, 2.24) is 14.9 Å². The van der Waals surface area contributed by atoms with Crippen molar-refractivity contribution in [2.24, 2.45) is 0 Å². The summed E-state index contributed by atoms with van der Waals surface area (Å²) in [6, 6.07) is 4.74. The lowest BCUT2D eigenvalue weighted by Gasteiger charge is -2.22. The second-order valence-electron chi connectivity index (χ2n) is 6.81. The van der Waals surface area contributed by atoms with E-state index in [1.165, 1.54) is 18.1 Å². The highest BCUT2D eigenvalue weighted by Crippen LogP contribution is 2.33. The highest BCUT2D eigenvalue weighted by molar-refractivity contribution is 7.18. The quantitative estimate of drug-likeness (QED) is 0.624. The first-order valence-electron chi connectivity index (χ1n) is 9.42. The highest BCUT2D eigenvalue weighted by atomic mass is 32.1.